The number of nitrogens with two attached hydrogens (primary N) is 1. The third-order valence-corrected chi connectivity index (χ3v) is 5.95. The third-order valence-electron chi connectivity index (χ3n) is 5.95. The topological polar surface area (TPSA) is 98.7 Å². The summed E-state index contributed by atoms with van der Waals surface area (Å²) in [6, 6.07) is 16.1. The molecule has 1 aliphatic rings. The molecular formula is C23H19F3N6O. The van der Waals surface area contributed by atoms with Gasteiger partial charge in [0.15, 0.2) is 5.82 Å². The molecule has 0 saturated heterocycles. The number of benzene rings is 2. The van der Waals surface area contributed by atoms with Crippen LogP contribution in [0.1, 0.15) is 24.5 Å². The largest absolute Gasteiger partial charge is 0.390 e. The molecule has 4 aromatic rings. The molecule has 0 spiro atoms. The standard InChI is InChI=1S/C23H19F3N6O/c1-22(13-7-3-2-4-8-13)16-18(27)28-20(29-19(16)30-21(22)33)17-14-9-5-6-10-15(14)32(31-17)12-11-23(24,25)26/h2-10H,11-12H2,1H3,(H3,27,28,29,30,33). The molecular weight excluding hydrogens is 433 g/mol. The monoisotopic (exact) mass is 452 g/mol. The van der Waals surface area contributed by atoms with E-state index >= 15 is 0 Å². The maximum Gasteiger partial charge on any atom is 0.390 e. The molecule has 0 fully saturated rings. The molecule has 2 aromatic carbocycles. The van der Waals surface area contributed by atoms with Gasteiger partial charge in [-0.15, -0.1) is 0 Å². The number of nitrogens with one attached hydrogen (secondary N) is 1. The van der Waals surface area contributed by atoms with Crippen LogP contribution in [0.4, 0.5) is 24.8 Å². The van der Waals surface area contributed by atoms with Crippen LogP contribution >= 0.6 is 0 Å². The molecule has 3 heterocycles. The molecule has 7 nitrogen and oxygen atoms in total. The third kappa shape index (κ3) is 3.38. The fourth-order valence-corrected chi connectivity index (χ4v) is 4.26. The van der Waals surface area contributed by atoms with E-state index in [0.717, 1.165) is 5.56 Å². The maximum atomic E-state index is 13.0. The van der Waals surface area contributed by atoms with Crippen LogP contribution in [-0.4, -0.2) is 31.8 Å². The number of para-hydroxylation sites is 1. The van der Waals surface area contributed by atoms with Crippen LogP contribution in [0, 0.1) is 0 Å². The van der Waals surface area contributed by atoms with Crippen molar-refractivity contribution >= 4 is 28.4 Å². The Morgan fingerprint density at radius 2 is 1.76 bits per heavy atom. The fraction of sp³-hybridized carbons (Fsp3) is 0.217. The number of aromatic nitrogens is 4. The van der Waals surface area contributed by atoms with Gasteiger partial charge in [0.05, 0.1) is 24.0 Å². The Hall–Kier alpha value is -3.95. The van der Waals surface area contributed by atoms with Gasteiger partial charge in [-0.05, 0) is 18.6 Å². The van der Waals surface area contributed by atoms with Gasteiger partial charge in [-0.25, -0.2) is 9.97 Å². The van der Waals surface area contributed by atoms with Gasteiger partial charge in [0.25, 0.3) is 0 Å². The zero-order valence-corrected chi connectivity index (χ0v) is 17.5. The molecule has 0 bridgehead atoms. The van der Waals surface area contributed by atoms with Gasteiger partial charge in [-0.1, -0.05) is 48.5 Å². The summed E-state index contributed by atoms with van der Waals surface area (Å²) in [7, 11) is 0. The van der Waals surface area contributed by atoms with E-state index in [1.54, 1.807) is 31.2 Å². The normalized spacial score (nSPS) is 17.9. The lowest BCUT2D eigenvalue weighted by Crippen LogP contribution is -2.32. The van der Waals surface area contributed by atoms with Crippen LogP contribution in [0.25, 0.3) is 22.4 Å². The quantitative estimate of drug-likeness (QED) is 0.481. The van der Waals surface area contributed by atoms with Crippen molar-refractivity contribution in [1.82, 2.24) is 19.7 Å². The highest BCUT2D eigenvalue weighted by Gasteiger charge is 2.47. The van der Waals surface area contributed by atoms with E-state index in [4.69, 9.17) is 5.73 Å². The summed E-state index contributed by atoms with van der Waals surface area (Å²) in [6.07, 6.45) is -5.33. The lowest BCUT2D eigenvalue weighted by molar-refractivity contribution is -0.137. The first kappa shape index (κ1) is 20.9. The molecule has 5 rings (SSSR count). The average Bonchev–Trinajstić information content (AvgIpc) is 3.28. The number of rotatable bonds is 4. The molecule has 2 aromatic heterocycles. The Labute approximate surface area is 186 Å². The molecule has 10 heteroatoms. The van der Waals surface area contributed by atoms with E-state index in [1.807, 2.05) is 30.3 Å². The van der Waals surface area contributed by atoms with Crippen LogP contribution in [0.2, 0.25) is 0 Å². The van der Waals surface area contributed by atoms with E-state index in [9.17, 15) is 18.0 Å². The second kappa shape index (κ2) is 7.29. The van der Waals surface area contributed by atoms with Crippen molar-refractivity contribution in [2.75, 3.05) is 11.1 Å². The SMILES string of the molecule is CC1(c2ccccc2)C(=O)Nc2nc(-c3nn(CCC(F)(F)F)c4ccccc34)nc(N)c21. The predicted molar refractivity (Wildman–Crippen MR) is 117 cm³/mol. The van der Waals surface area contributed by atoms with Crippen LogP contribution in [0.3, 0.4) is 0 Å². The Morgan fingerprint density at radius 3 is 2.48 bits per heavy atom. The minimum atomic E-state index is -4.31. The van der Waals surface area contributed by atoms with Gasteiger partial charge in [-0.3, -0.25) is 9.48 Å². The van der Waals surface area contributed by atoms with Gasteiger partial charge in [0, 0.05) is 5.39 Å². The van der Waals surface area contributed by atoms with Crippen LogP contribution in [0.5, 0.6) is 0 Å². The van der Waals surface area contributed by atoms with E-state index in [-0.39, 0.29) is 29.9 Å². The lowest BCUT2D eigenvalue weighted by Gasteiger charge is -2.23. The highest BCUT2D eigenvalue weighted by Crippen LogP contribution is 2.45. The molecule has 0 radical (unpaired) electrons. The number of nitrogens with zero attached hydrogens (tertiary/aromatic N) is 4. The molecule has 0 saturated carbocycles. The number of amides is 1. The van der Waals surface area contributed by atoms with Crippen LogP contribution in [0.15, 0.2) is 54.6 Å². The molecule has 1 amide bonds. The van der Waals surface area contributed by atoms with Crippen LogP contribution < -0.4 is 11.1 Å². The van der Waals surface area contributed by atoms with Crippen molar-refractivity contribution in [3.63, 3.8) is 0 Å². The van der Waals surface area contributed by atoms with Crippen molar-refractivity contribution in [3.05, 3.63) is 65.7 Å². The first-order chi connectivity index (χ1) is 15.7. The Balaban J connectivity index is 1.63. The molecule has 1 unspecified atom stereocenters. The number of hydrogen-bond acceptors (Lipinski definition) is 5. The Kier molecular flexibility index (Phi) is 4.62. The van der Waals surface area contributed by atoms with E-state index in [0.29, 0.717) is 22.2 Å². The summed E-state index contributed by atoms with van der Waals surface area (Å²) in [5.41, 5.74) is 7.27. The molecule has 3 N–H and O–H groups in total. The second-order valence-electron chi connectivity index (χ2n) is 8.06. The number of aryl methyl sites for hydroxylation is 1. The number of fused-ring (bicyclic) bond motifs is 2. The molecule has 1 atom stereocenters. The molecule has 168 valence electrons. The summed E-state index contributed by atoms with van der Waals surface area (Å²) in [4.78, 5) is 21.9. The van der Waals surface area contributed by atoms with Gasteiger partial charge in [0.2, 0.25) is 5.91 Å². The Morgan fingerprint density at radius 1 is 1.06 bits per heavy atom. The van der Waals surface area contributed by atoms with Gasteiger partial charge < -0.3 is 11.1 Å². The average molecular weight is 452 g/mol. The summed E-state index contributed by atoms with van der Waals surface area (Å²) < 4.78 is 39.7. The number of nitrogen functional groups attached to an aromatic ring is 1. The lowest BCUT2D eigenvalue weighted by atomic mass is 9.78. The number of hydrogen-bond donors (Lipinski definition) is 2. The molecule has 33 heavy (non-hydrogen) atoms. The van der Waals surface area contributed by atoms with Crippen LogP contribution in [-0.2, 0) is 16.8 Å². The smallest absolute Gasteiger partial charge is 0.383 e. The highest BCUT2D eigenvalue weighted by molar-refractivity contribution is 6.09. The summed E-state index contributed by atoms with van der Waals surface area (Å²) in [5.74, 6) is 0.213. The maximum absolute atomic E-state index is 13.0. The highest BCUT2D eigenvalue weighted by atomic mass is 19.4. The van der Waals surface area contributed by atoms with Crippen molar-refractivity contribution in [1.29, 1.82) is 0 Å². The Bertz CT molecular complexity index is 1380. The van der Waals surface area contributed by atoms with E-state index in [1.165, 1.54) is 4.68 Å². The van der Waals surface area contributed by atoms with Crippen molar-refractivity contribution < 1.29 is 18.0 Å². The van der Waals surface area contributed by atoms with Crippen molar-refractivity contribution in [3.8, 4) is 11.5 Å². The van der Waals surface area contributed by atoms with Crippen molar-refractivity contribution in [2.24, 2.45) is 0 Å². The minimum absolute atomic E-state index is 0.105. The first-order valence-electron chi connectivity index (χ1n) is 10.3. The number of anilines is 2. The van der Waals surface area contributed by atoms with Gasteiger partial charge >= 0.3 is 6.18 Å². The summed E-state index contributed by atoms with van der Waals surface area (Å²) in [5, 5.41) is 7.74. The number of carbonyl (C=O) groups is 1. The summed E-state index contributed by atoms with van der Waals surface area (Å²) in [6.45, 7) is 1.41. The molecule has 0 aliphatic carbocycles. The van der Waals surface area contributed by atoms with Gasteiger partial charge in [0.1, 0.15) is 22.7 Å². The first-order valence-corrected chi connectivity index (χ1v) is 10.3. The number of carbonyl (C=O) groups excluding carboxylic acids is 1. The molecule has 1 aliphatic heterocycles. The zero-order chi connectivity index (χ0) is 23.4. The van der Waals surface area contributed by atoms with E-state index < -0.39 is 18.0 Å². The summed E-state index contributed by atoms with van der Waals surface area (Å²) >= 11 is 0. The van der Waals surface area contributed by atoms with Crippen molar-refractivity contribution in [2.45, 2.75) is 31.5 Å². The number of halogens is 3. The fourth-order valence-electron chi connectivity index (χ4n) is 4.26. The zero-order valence-electron chi connectivity index (χ0n) is 17.5. The second-order valence-corrected chi connectivity index (χ2v) is 8.06. The van der Waals surface area contributed by atoms with Gasteiger partial charge in [-0.2, -0.15) is 18.3 Å². The van der Waals surface area contributed by atoms with E-state index in [2.05, 4.69) is 20.4 Å². The minimum Gasteiger partial charge on any atom is -0.383 e. The predicted octanol–water partition coefficient (Wildman–Crippen LogP) is 4.29. The number of alkyl halides is 3.